The molecule has 0 atom stereocenters. The fourth-order valence-corrected chi connectivity index (χ4v) is 3.14. The molecule has 134 valence electrons. The number of amides is 1. The summed E-state index contributed by atoms with van der Waals surface area (Å²) in [7, 11) is 0. The second-order valence-corrected chi connectivity index (χ2v) is 6.66. The van der Waals surface area contributed by atoms with E-state index in [9.17, 15) is 22.4 Å². The first-order valence-corrected chi connectivity index (χ1v) is 8.27. The molecule has 0 radical (unpaired) electrons. The third-order valence-corrected chi connectivity index (χ3v) is 4.50. The van der Waals surface area contributed by atoms with Crippen LogP contribution in [0.5, 0.6) is 0 Å². The van der Waals surface area contributed by atoms with Gasteiger partial charge in [0.25, 0.3) is 5.91 Å². The van der Waals surface area contributed by atoms with Gasteiger partial charge in [0.15, 0.2) is 5.13 Å². The highest BCUT2D eigenvalue weighted by Gasteiger charge is 2.30. The number of nitrogens with zero attached hydrogens (tertiary/aromatic N) is 1. The Morgan fingerprint density at radius 2 is 1.65 bits per heavy atom. The Morgan fingerprint density at radius 3 is 2.23 bits per heavy atom. The van der Waals surface area contributed by atoms with E-state index >= 15 is 0 Å². The highest BCUT2D eigenvalue weighted by molar-refractivity contribution is 7.16. The molecule has 1 aromatic heterocycles. The van der Waals surface area contributed by atoms with Crippen molar-refractivity contribution in [2.45, 2.75) is 13.1 Å². The Kier molecular flexibility index (Phi) is 4.78. The van der Waals surface area contributed by atoms with Gasteiger partial charge in [0, 0.05) is 16.0 Å². The predicted octanol–water partition coefficient (Wildman–Crippen LogP) is 5.53. The monoisotopic (exact) mass is 380 g/mol. The Bertz CT molecular complexity index is 931. The normalized spacial score (nSPS) is 11.4. The van der Waals surface area contributed by atoms with Crippen LogP contribution in [0.4, 0.5) is 22.7 Å². The molecule has 0 unspecified atom stereocenters. The van der Waals surface area contributed by atoms with E-state index in [-0.39, 0.29) is 11.4 Å². The minimum atomic E-state index is -4.45. The molecule has 0 aliphatic carbocycles. The van der Waals surface area contributed by atoms with Crippen molar-refractivity contribution in [1.29, 1.82) is 0 Å². The van der Waals surface area contributed by atoms with E-state index in [0.29, 0.717) is 16.4 Å². The summed E-state index contributed by atoms with van der Waals surface area (Å²) in [5, 5.41) is 2.88. The highest BCUT2D eigenvalue weighted by atomic mass is 32.1. The molecule has 3 aromatic rings. The largest absolute Gasteiger partial charge is 0.416 e. The predicted molar refractivity (Wildman–Crippen MR) is 91.6 cm³/mol. The van der Waals surface area contributed by atoms with Crippen molar-refractivity contribution in [2.24, 2.45) is 0 Å². The summed E-state index contributed by atoms with van der Waals surface area (Å²) in [4.78, 5) is 17.3. The molecule has 8 heteroatoms. The molecule has 1 amide bonds. The van der Waals surface area contributed by atoms with E-state index in [1.165, 1.54) is 23.5 Å². The van der Waals surface area contributed by atoms with Crippen LogP contribution in [0.3, 0.4) is 0 Å². The van der Waals surface area contributed by atoms with Crippen molar-refractivity contribution in [1.82, 2.24) is 4.98 Å². The lowest BCUT2D eigenvalue weighted by Crippen LogP contribution is -2.12. The Balaban J connectivity index is 1.78. The van der Waals surface area contributed by atoms with Gasteiger partial charge in [-0.3, -0.25) is 10.1 Å². The summed E-state index contributed by atoms with van der Waals surface area (Å²) >= 11 is 1.23. The van der Waals surface area contributed by atoms with Crippen LogP contribution in [0.1, 0.15) is 20.8 Å². The Hall–Kier alpha value is -2.74. The van der Waals surface area contributed by atoms with Crippen LogP contribution < -0.4 is 5.32 Å². The van der Waals surface area contributed by atoms with Gasteiger partial charge in [-0.15, -0.1) is 11.3 Å². The Morgan fingerprint density at radius 1 is 1.04 bits per heavy atom. The van der Waals surface area contributed by atoms with Gasteiger partial charge in [0.2, 0.25) is 0 Å². The van der Waals surface area contributed by atoms with Crippen LogP contribution in [0.25, 0.3) is 11.3 Å². The second-order valence-electron chi connectivity index (χ2n) is 5.46. The fourth-order valence-electron chi connectivity index (χ4n) is 2.31. The highest BCUT2D eigenvalue weighted by Crippen LogP contribution is 2.31. The van der Waals surface area contributed by atoms with Crippen LogP contribution in [0.15, 0.2) is 48.5 Å². The number of benzene rings is 2. The SMILES string of the molecule is Cc1sc(NC(=O)c2ccc(C(F)(F)F)cc2)nc1-c1ccc(F)cc1. The molecule has 0 saturated carbocycles. The van der Waals surface area contributed by atoms with Crippen LogP contribution in [0, 0.1) is 12.7 Å². The van der Waals surface area contributed by atoms with E-state index in [1.807, 2.05) is 6.92 Å². The lowest BCUT2D eigenvalue weighted by molar-refractivity contribution is -0.137. The van der Waals surface area contributed by atoms with Gasteiger partial charge >= 0.3 is 6.18 Å². The fraction of sp³-hybridized carbons (Fsp3) is 0.111. The van der Waals surface area contributed by atoms with Crippen LogP contribution >= 0.6 is 11.3 Å². The molecule has 3 nitrogen and oxygen atoms in total. The van der Waals surface area contributed by atoms with E-state index in [0.717, 1.165) is 29.1 Å². The third-order valence-electron chi connectivity index (χ3n) is 3.61. The first kappa shape index (κ1) is 18.1. The van der Waals surface area contributed by atoms with Crippen LogP contribution in [0.2, 0.25) is 0 Å². The molecule has 0 aliphatic heterocycles. The maximum absolute atomic E-state index is 13.0. The smallest absolute Gasteiger partial charge is 0.298 e. The number of hydrogen-bond acceptors (Lipinski definition) is 3. The zero-order chi connectivity index (χ0) is 18.9. The molecule has 1 N–H and O–H groups in total. The molecule has 0 bridgehead atoms. The van der Waals surface area contributed by atoms with Gasteiger partial charge in [-0.05, 0) is 55.5 Å². The number of alkyl halides is 3. The number of rotatable bonds is 3. The van der Waals surface area contributed by atoms with Gasteiger partial charge in [-0.2, -0.15) is 13.2 Å². The van der Waals surface area contributed by atoms with Gasteiger partial charge < -0.3 is 0 Å². The maximum Gasteiger partial charge on any atom is 0.416 e. The number of aryl methyl sites for hydroxylation is 1. The Labute approximate surface area is 150 Å². The number of carbonyl (C=O) groups is 1. The minimum Gasteiger partial charge on any atom is -0.298 e. The zero-order valence-corrected chi connectivity index (χ0v) is 14.2. The standard InChI is InChI=1S/C18H12F4N2OS/c1-10-15(11-4-8-14(19)9-5-11)23-17(26-10)24-16(25)12-2-6-13(7-3-12)18(20,21)22/h2-9H,1H3,(H,23,24,25). The lowest BCUT2D eigenvalue weighted by atomic mass is 10.1. The third kappa shape index (κ3) is 3.91. The number of nitrogens with one attached hydrogen (secondary N) is 1. The van der Waals surface area contributed by atoms with E-state index in [2.05, 4.69) is 10.3 Å². The average molecular weight is 380 g/mol. The minimum absolute atomic E-state index is 0.0918. The molecule has 1 heterocycles. The molecule has 0 aliphatic rings. The van der Waals surface area contributed by atoms with Crippen molar-refractivity contribution < 1.29 is 22.4 Å². The summed E-state index contributed by atoms with van der Waals surface area (Å²) in [6, 6.07) is 9.72. The van der Waals surface area contributed by atoms with Crippen molar-refractivity contribution in [3.63, 3.8) is 0 Å². The molecule has 0 fully saturated rings. The molecule has 0 spiro atoms. The van der Waals surface area contributed by atoms with Crippen LogP contribution in [-0.4, -0.2) is 10.9 Å². The van der Waals surface area contributed by atoms with Gasteiger partial charge in [0.1, 0.15) is 5.82 Å². The number of carbonyl (C=O) groups excluding carboxylic acids is 1. The summed E-state index contributed by atoms with van der Waals surface area (Å²) in [6.07, 6.45) is -4.45. The first-order valence-electron chi connectivity index (χ1n) is 7.46. The maximum atomic E-state index is 13.0. The van der Waals surface area contributed by atoms with E-state index < -0.39 is 17.6 Å². The quantitative estimate of drug-likeness (QED) is 0.607. The molecule has 3 rings (SSSR count). The summed E-state index contributed by atoms with van der Waals surface area (Å²) < 4.78 is 50.7. The van der Waals surface area contributed by atoms with Crippen molar-refractivity contribution in [3.8, 4) is 11.3 Å². The van der Waals surface area contributed by atoms with Gasteiger partial charge in [-0.1, -0.05) is 0 Å². The summed E-state index contributed by atoms with van der Waals surface area (Å²) in [6.45, 7) is 1.81. The topological polar surface area (TPSA) is 42.0 Å². The van der Waals surface area contributed by atoms with Gasteiger partial charge in [-0.25, -0.2) is 9.37 Å². The molecular weight excluding hydrogens is 368 g/mol. The van der Waals surface area contributed by atoms with Crippen molar-refractivity contribution in [2.75, 3.05) is 5.32 Å². The molecule has 0 saturated heterocycles. The summed E-state index contributed by atoms with van der Waals surface area (Å²) in [5.74, 6) is -0.921. The van der Waals surface area contributed by atoms with E-state index in [4.69, 9.17) is 0 Å². The van der Waals surface area contributed by atoms with E-state index in [1.54, 1.807) is 12.1 Å². The number of hydrogen-bond donors (Lipinski definition) is 1. The van der Waals surface area contributed by atoms with Crippen molar-refractivity contribution in [3.05, 3.63) is 70.4 Å². The molecular formula is C18H12F4N2OS. The molecule has 26 heavy (non-hydrogen) atoms. The lowest BCUT2D eigenvalue weighted by Gasteiger charge is -2.07. The number of halogens is 4. The van der Waals surface area contributed by atoms with Crippen molar-refractivity contribution >= 4 is 22.4 Å². The number of thiazole rings is 1. The van der Waals surface area contributed by atoms with Gasteiger partial charge in [0.05, 0.1) is 11.3 Å². The van der Waals surface area contributed by atoms with Crippen LogP contribution in [-0.2, 0) is 6.18 Å². The number of anilines is 1. The summed E-state index contributed by atoms with van der Waals surface area (Å²) in [5.41, 5.74) is 0.583. The average Bonchev–Trinajstić information content (AvgIpc) is 2.95. The number of aromatic nitrogens is 1. The zero-order valence-electron chi connectivity index (χ0n) is 13.4. The second kappa shape index (κ2) is 6.87. The first-order chi connectivity index (χ1) is 12.2. The molecule has 2 aromatic carbocycles.